The van der Waals surface area contributed by atoms with E-state index in [4.69, 9.17) is 14.6 Å². The van der Waals surface area contributed by atoms with Crippen LogP contribution in [0.1, 0.15) is 0 Å². The van der Waals surface area contributed by atoms with Crippen molar-refractivity contribution in [3.05, 3.63) is 70.8 Å². The van der Waals surface area contributed by atoms with Gasteiger partial charge in [-0.25, -0.2) is 0 Å². The summed E-state index contributed by atoms with van der Waals surface area (Å²) >= 11 is 0. The molecule has 0 aliphatic carbocycles. The van der Waals surface area contributed by atoms with Crippen LogP contribution in [0.2, 0.25) is 0 Å². The van der Waals surface area contributed by atoms with Crippen LogP contribution in [0.15, 0.2) is 81.1 Å². The summed E-state index contributed by atoms with van der Waals surface area (Å²) in [5.41, 5.74) is 2.85. The Morgan fingerprint density at radius 3 is 1.74 bits per heavy atom. The second-order valence-corrected chi connectivity index (χ2v) is 7.03. The number of anilines is 1. The Kier molecular flexibility index (Phi) is 8.19. The molecule has 0 bridgehead atoms. The molecule has 0 aromatic heterocycles. The second kappa shape index (κ2) is 11.5. The van der Waals surface area contributed by atoms with Gasteiger partial charge in [-0.3, -0.25) is 10.1 Å². The van der Waals surface area contributed by atoms with Gasteiger partial charge in [-0.1, -0.05) is 0 Å². The standard InChI is InChI=1S/C23H24N6O5/c1-28(12-13-30)18-8-4-16(5-9-18)24-26-20-14-23(34-3)21(15-22(20)33-2)27-25-17-6-10-19(11-7-17)29(31)32/h4-11,14-15,30H,12-13H2,1-3H3/b26-24+,27-25+. The van der Waals surface area contributed by atoms with Crippen LogP contribution in [0.3, 0.4) is 0 Å². The first-order valence-corrected chi connectivity index (χ1v) is 10.2. The third kappa shape index (κ3) is 6.11. The molecule has 0 aliphatic heterocycles. The number of nitrogens with zero attached hydrogens (tertiary/aromatic N) is 6. The van der Waals surface area contributed by atoms with Crippen LogP contribution in [0.4, 0.5) is 34.1 Å². The van der Waals surface area contributed by atoms with E-state index in [1.807, 2.05) is 36.2 Å². The van der Waals surface area contributed by atoms with Gasteiger partial charge in [0.15, 0.2) is 0 Å². The summed E-state index contributed by atoms with van der Waals surface area (Å²) in [6, 6.07) is 16.4. The first kappa shape index (κ1) is 24.3. The molecule has 0 spiro atoms. The zero-order valence-corrected chi connectivity index (χ0v) is 19.0. The second-order valence-electron chi connectivity index (χ2n) is 7.03. The quantitative estimate of drug-likeness (QED) is 0.226. The minimum absolute atomic E-state index is 0.0280. The van der Waals surface area contributed by atoms with Crippen molar-refractivity contribution in [3.63, 3.8) is 0 Å². The highest BCUT2D eigenvalue weighted by Gasteiger charge is 2.12. The molecule has 0 amide bonds. The highest BCUT2D eigenvalue weighted by atomic mass is 16.6. The van der Waals surface area contributed by atoms with E-state index >= 15 is 0 Å². The van der Waals surface area contributed by atoms with Crippen molar-refractivity contribution >= 4 is 34.1 Å². The first-order valence-electron chi connectivity index (χ1n) is 10.2. The number of non-ortho nitro benzene ring substituents is 1. The van der Waals surface area contributed by atoms with Gasteiger partial charge < -0.3 is 19.5 Å². The summed E-state index contributed by atoms with van der Waals surface area (Å²) in [6.45, 7) is 0.606. The first-order chi connectivity index (χ1) is 16.4. The molecule has 1 N–H and O–H groups in total. The highest BCUT2D eigenvalue weighted by molar-refractivity contribution is 5.66. The molecule has 0 aliphatic rings. The lowest BCUT2D eigenvalue weighted by atomic mass is 10.2. The average Bonchev–Trinajstić information content (AvgIpc) is 2.86. The third-order valence-electron chi connectivity index (χ3n) is 4.81. The summed E-state index contributed by atoms with van der Waals surface area (Å²) < 4.78 is 10.8. The Bertz CT molecular complexity index is 1180. The van der Waals surface area contributed by atoms with Gasteiger partial charge in [0.25, 0.3) is 5.69 Å². The lowest BCUT2D eigenvalue weighted by Gasteiger charge is -2.17. The molecule has 176 valence electrons. The van der Waals surface area contributed by atoms with Crippen molar-refractivity contribution < 1.29 is 19.5 Å². The summed E-state index contributed by atoms with van der Waals surface area (Å²) in [7, 11) is 4.89. The summed E-state index contributed by atoms with van der Waals surface area (Å²) in [5, 5.41) is 36.7. The van der Waals surface area contributed by atoms with Crippen molar-refractivity contribution in [1.29, 1.82) is 0 Å². The Morgan fingerprint density at radius 2 is 1.32 bits per heavy atom. The zero-order chi connectivity index (χ0) is 24.5. The fraction of sp³-hybridized carbons (Fsp3) is 0.217. The Morgan fingerprint density at radius 1 is 0.853 bits per heavy atom. The van der Waals surface area contributed by atoms with E-state index in [0.717, 1.165) is 5.69 Å². The maximum absolute atomic E-state index is 10.8. The van der Waals surface area contributed by atoms with E-state index in [2.05, 4.69) is 20.5 Å². The molecule has 0 saturated heterocycles. The van der Waals surface area contributed by atoms with Gasteiger partial charge in [-0.2, -0.15) is 10.2 Å². The van der Waals surface area contributed by atoms with E-state index < -0.39 is 4.92 Å². The minimum atomic E-state index is -0.480. The number of likely N-dealkylation sites (N-methyl/N-ethyl adjacent to an activating group) is 1. The topological polar surface area (TPSA) is 135 Å². The molecule has 34 heavy (non-hydrogen) atoms. The fourth-order valence-corrected chi connectivity index (χ4v) is 2.94. The van der Waals surface area contributed by atoms with E-state index in [9.17, 15) is 10.1 Å². The molecule has 0 saturated carbocycles. The normalized spacial score (nSPS) is 11.2. The van der Waals surface area contributed by atoms with E-state index in [1.54, 1.807) is 12.1 Å². The van der Waals surface area contributed by atoms with Gasteiger partial charge in [-0.05, 0) is 36.4 Å². The van der Waals surface area contributed by atoms with Crippen LogP contribution in [-0.2, 0) is 0 Å². The molecule has 11 heteroatoms. The van der Waals surface area contributed by atoms with Crippen molar-refractivity contribution in [2.24, 2.45) is 20.5 Å². The molecule has 0 unspecified atom stereocenters. The number of hydrogen-bond acceptors (Lipinski definition) is 10. The number of nitro benzene ring substituents is 1. The monoisotopic (exact) mass is 464 g/mol. The molecule has 0 atom stereocenters. The van der Waals surface area contributed by atoms with Crippen LogP contribution in [0.5, 0.6) is 11.5 Å². The van der Waals surface area contributed by atoms with Crippen molar-refractivity contribution in [3.8, 4) is 11.5 Å². The number of aliphatic hydroxyl groups excluding tert-OH is 1. The number of azo groups is 2. The molecule has 0 fully saturated rings. The minimum Gasteiger partial charge on any atom is -0.494 e. The van der Waals surface area contributed by atoms with Crippen LogP contribution in [0, 0.1) is 10.1 Å². The maximum atomic E-state index is 10.8. The van der Waals surface area contributed by atoms with E-state index in [0.29, 0.717) is 40.8 Å². The van der Waals surface area contributed by atoms with Crippen molar-refractivity contribution in [2.75, 3.05) is 39.3 Å². The Hall–Kier alpha value is -4.38. The predicted octanol–water partition coefficient (Wildman–Crippen LogP) is 5.87. The summed E-state index contributed by atoms with van der Waals surface area (Å²) in [5.74, 6) is 0.822. The average molecular weight is 464 g/mol. The predicted molar refractivity (Wildman–Crippen MR) is 128 cm³/mol. The van der Waals surface area contributed by atoms with E-state index in [-0.39, 0.29) is 12.3 Å². The van der Waals surface area contributed by atoms with Crippen LogP contribution >= 0.6 is 0 Å². The van der Waals surface area contributed by atoms with Gasteiger partial charge >= 0.3 is 0 Å². The number of ether oxygens (including phenoxy) is 2. The number of nitro groups is 1. The van der Waals surface area contributed by atoms with Gasteiger partial charge in [0.1, 0.15) is 22.9 Å². The van der Waals surface area contributed by atoms with E-state index in [1.165, 1.54) is 38.5 Å². The Balaban J connectivity index is 1.82. The zero-order valence-electron chi connectivity index (χ0n) is 19.0. The van der Waals surface area contributed by atoms with Gasteiger partial charge in [0.2, 0.25) is 0 Å². The van der Waals surface area contributed by atoms with Crippen LogP contribution < -0.4 is 14.4 Å². The highest BCUT2D eigenvalue weighted by Crippen LogP contribution is 2.41. The van der Waals surface area contributed by atoms with Gasteiger partial charge in [0, 0.05) is 43.5 Å². The SMILES string of the molecule is COc1cc(/N=N/c2ccc([N+](=O)[O-])cc2)c(OC)cc1/N=N/c1ccc(N(C)CCO)cc1. The number of aliphatic hydroxyl groups is 1. The van der Waals surface area contributed by atoms with Crippen molar-refractivity contribution in [1.82, 2.24) is 0 Å². The molecular formula is C23H24N6O5. The maximum Gasteiger partial charge on any atom is 0.269 e. The van der Waals surface area contributed by atoms with Crippen molar-refractivity contribution in [2.45, 2.75) is 0 Å². The summed E-state index contributed by atoms with van der Waals surface area (Å²) in [4.78, 5) is 12.2. The third-order valence-corrected chi connectivity index (χ3v) is 4.81. The number of hydrogen-bond donors (Lipinski definition) is 1. The number of methoxy groups -OCH3 is 2. The lowest BCUT2D eigenvalue weighted by Crippen LogP contribution is -2.20. The molecular weight excluding hydrogens is 440 g/mol. The number of benzene rings is 3. The number of rotatable bonds is 10. The molecule has 0 radical (unpaired) electrons. The smallest absolute Gasteiger partial charge is 0.269 e. The summed E-state index contributed by atoms with van der Waals surface area (Å²) in [6.07, 6.45) is 0. The molecule has 11 nitrogen and oxygen atoms in total. The molecule has 0 heterocycles. The van der Waals surface area contributed by atoms with Gasteiger partial charge in [0.05, 0.1) is 37.1 Å². The van der Waals surface area contributed by atoms with Gasteiger partial charge in [-0.15, -0.1) is 10.2 Å². The Labute approximate surface area is 196 Å². The van der Waals surface area contributed by atoms with Crippen LogP contribution in [-0.4, -0.2) is 44.4 Å². The molecule has 3 rings (SSSR count). The fourth-order valence-electron chi connectivity index (χ4n) is 2.94. The lowest BCUT2D eigenvalue weighted by molar-refractivity contribution is -0.384. The largest absolute Gasteiger partial charge is 0.494 e. The molecule has 3 aromatic rings. The van der Waals surface area contributed by atoms with Crippen LogP contribution in [0.25, 0.3) is 0 Å². The molecule has 3 aromatic carbocycles.